The number of pyridine rings is 1. The van der Waals surface area contributed by atoms with E-state index in [1.54, 1.807) is 18.5 Å². The molecule has 2 heterocycles. The topological polar surface area (TPSA) is 93.8 Å². The van der Waals surface area contributed by atoms with Crippen LogP contribution in [0.4, 0.5) is 17.3 Å². The van der Waals surface area contributed by atoms with Gasteiger partial charge in [0.1, 0.15) is 0 Å². The Morgan fingerprint density at radius 2 is 1.96 bits per heavy atom. The summed E-state index contributed by atoms with van der Waals surface area (Å²) in [6, 6.07) is 10.3. The van der Waals surface area contributed by atoms with Crippen molar-refractivity contribution < 1.29 is 4.92 Å². The molecule has 7 nitrogen and oxygen atoms in total. The molecule has 0 amide bonds. The number of nitro groups is 1. The molecule has 2 aromatic heterocycles. The molecule has 120 valence electrons. The Labute approximate surface area is 138 Å². The van der Waals surface area contributed by atoms with Crippen LogP contribution < -0.4 is 5.32 Å². The molecule has 7 heteroatoms. The summed E-state index contributed by atoms with van der Waals surface area (Å²) in [6.45, 7) is 3.73. The number of nitrogens with zero attached hydrogens (tertiary/aromatic N) is 4. The third-order valence-corrected chi connectivity index (χ3v) is 3.49. The molecule has 1 N–H and O–H groups in total. The number of aryl methyl sites for hydroxylation is 2. The van der Waals surface area contributed by atoms with Gasteiger partial charge in [-0.25, -0.2) is 9.97 Å². The van der Waals surface area contributed by atoms with Gasteiger partial charge >= 0.3 is 0 Å². The highest BCUT2D eigenvalue weighted by atomic mass is 16.6. The zero-order chi connectivity index (χ0) is 17.1. The highest BCUT2D eigenvalue weighted by Crippen LogP contribution is 2.25. The molecule has 0 atom stereocenters. The van der Waals surface area contributed by atoms with Gasteiger partial charge in [-0.15, -0.1) is 0 Å². The Bertz CT molecular complexity index is 897. The fourth-order valence-electron chi connectivity index (χ4n) is 2.27. The molecule has 0 aliphatic carbocycles. The molecule has 0 unspecified atom stereocenters. The van der Waals surface area contributed by atoms with E-state index in [0.29, 0.717) is 11.6 Å². The Hall–Kier alpha value is -3.35. The minimum absolute atomic E-state index is 0.0169. The molecule has 0 saturated heterocycles. The van der Waals surface area contributed by atoms with E-state index < -0.39 is 4.92 Å². The van der Waals surface area contributed by atoms with E-state index in [9.17, 15) is 10.1 Å². The molecule has 0 saturated carbocycles. The second kappa shape index (κ2) is 6.41. The van der Waals surface area contributed by atoms with Crippen LogP contribution in [-0.2, 0) is 0 Å². The van der Waals surface area contributed by atoms with Crippen LogP contribution in [0.2, 0.25) is 0 Å². The van der Waals surface area contributed by atoms with Gasteiger partial charge in [0, 0.05) is 35.8 Å². The molecule has 0 fully saturated rings. The summed E-state index contributed by atoms with van der Waals surface area (Å²) in [7, 11) is 0. The molecule has 0 bridgehead atoms. The maximum absolute atomic E-state index is 10.9. The van der Waals surface area contributed by atoms with Gasteiger partial charge in [-0.1, -0.05) is 6.07 Å². The smallest absolute Gasteiger partial charge is 0.271 e. The number of benzene rings is 1. The second-order valence-electron chi connectivity index (χ2n) is 5.34. The lowest BCUT2D eigenvalue weighted by Gasteiger charge is -2.10. The molecule has 0 spiro atoms. The quantitative estimate of drug-likeness (QED) is 0.580. The predicted molar refractivity (Wildman–Crippen MR) is 91.1 cm³/mol. The zero-order valence-corrected chi connectivity index (χ0v) is 13.2. The van der Waals surface area contributed by atoms with E-state index in [0.717, 1.165) is 22.5 Å². The number of nitrogens with one attached hydrogen (secondary N) is 1. The van der Waals surface area contributed by atoms with E-state index in [-0.39, 0.29) is 5.69 Å². The maximum atomic E-state index is 10.9. The van der Waals surface area contributed by atoms with Gasteiger partial charge < -0.3 is 5.32 Å². The standard InChI is InChI=1S/C17H15N5O2/c1-11-5-6-14(22(23)24)9-15(11)20-17-19-12(2)8-16(21-17)13-4-3-7-18-10-13/h3-10H,1-2H3,(H,19,20,21). The van der Waals surface area contributed by atoms with Gasteiger partial charge in [-0.05, 0) is 37.6 Å². The predicted octanol–water partition coefficient (Wildman–Crippen LogP) is 3.81. The number of hydrogen-bond acceptors (Lipinski definition) is 6. The van der Waals surface area contributed by atoms with Gasteiger partial charge in [0.05, 0.1) is 16.3 Å². The van der Waals surface area contributed by atoms with E-state index in [1.807, 2.05) is 32.0 Å². The molecule has 0 aliphatic heterocycles. The van der Waals surface area contributed by atoms with Gasteiger partial charge in [-0.3, -0.25) is 15.1 Å². The lowest BCUT2D eigenvalue weighted by Crippen LogP contribution is -2.02. The Balaban J connectivity index is 1.98. The average Bonchev–Trinajstić information content (AvgIpc) is 2.57. The lowest BCUT2D eigenvalue weighted by atomic mass is 10.2. The Morgan fingerprint density at radius 1 is 1.12 bits per heavy atom. The molecule has 0 aliphatic rings. The normalized spacial score (nSPS) is 10.4. The van der Waals surface area contributed by atoms with Crippen LogP contribution in [0.1, 0.15) is 11.3 Å². The van der Waals surface area contributed by atoms with E-state index in [4.69, 9.17) is 0 Å². The van der Waals surface area contributed by atoms with Gasteiger partial charge in [0.25, 0.3) is 5.69 Å². The van der Waals surface area contributed by atoms with E-state index >= 15 is 0 Å². The highest BCUT2D eigenvalue weighted by molar-refractivity contribution is 5.65. The van der Waals surface area contributed by atoms with Crippen molar-refractivity contribution in [2.45, 2.75) is 13.8 Å². The summed E-state index contributed by atoms with van der Waals surface area (Å²) in [5, 5.41) is 14.0. The fraction of sp³-hybridized carbons (Fsp3) is 0.118. The van der Waals surface area contributed by atoms with Crippen molar-refractivity contribution in [3.8, 4) is 11.3 Å². The van der Waals surface area contributed by atoms with Crippen molar-refractivity contribution in [2.24, 2.45) is 0 Å². The largest absolute Gasteiger partial charge is 0.324 e. The number of hydrogen-bond donors (Lipinski definition) is 1. The maximum Gasteiger partial charge on any atom is 0.271 e. The third kappa shape index (κ3) is 3.35. The van der Waals surface area contributed by atoms with Gasteiger partial charge in [0.2, 0.25) is 5.95 Å². The van der Waals surface area contributed by atoms with E-state index in [2.05, 4.69) is 20.3 Å². The first-order chi connectivity index (χ1) is 11.5. The van der Waals surface area contributed by atoms with Crippen molar-refractivity contribution >= 4 is 17.3 Å². The minimum Gasteiger partial charge on any atom is -0.324 e. The Kier molecular flexibility index (Phi) is 4.15. The number of anilines is 2. The van der Waals surface area contributed by atoms with Crippen molar-refractivity contribution in [1.82, 2.24) is 15.0 Å². The first-order valence-corrected chi connectivity index (χ1v) is 7.31. The van der Waals surface area contributed by atoms with Crippen LogP contribution >= 0.6 is 0 Å². The number of nitro benzene ring substituents is 1. The number of non-ortho nitro benzene ring substituents is 1. The monoisotopic (exact) mass is 321 g/mol. The minimum atomic E-state index is -0.428. The molecular weight excluding hydrogens is 306 g/mol. The van der Waals surface area contributed by atoms with Crippen molar-refractivity contribution in [1.29, 1.82) is 0 Å². The molecule has 24 heavy (non-hydrogen) atoms. The fourth-order valence-corrected chi connectivity index (χ4v) is 2.27. The van der Waals surface area contributed by atoms with Crippen LogP contribution in [0.15, 0.2) is 48.8 Å². The molecule has 0 radical (unpaired) electrons. The van der Waals surface area contributed by atoms with Crippen LogP contribution in [0, 0.1) is 24.0 Å². The molecule has 3 rings (SSSR count). The lowest BCUT2D eigenvalue weighted by molar-refractivity contribution is -0.384. The summed E-state index contributed by atoms with van der Waals surface area (Å²) in [5.74, 6) is 0.387. The van der Waals surface area contributed by atoms with Gasteiger partial charge in [-0.2, -0.15) is 0 Å². The van der Waals surface area contributed by atoms with Crippen LogP contribution in [0.5, 0.6) is 0 Å². The van der Waals surface area contributed by atoms with Crippen LogP contribution in [0.3, 0.4) is 0 Å². The van der Waals surface area contributed by atoms with Crippen molar-refractivity contribution in [3.05, 3.63) is 70.2 Å². The second-order valence-corrected chi connectivity index (χ2v) is 5.34. The summed E-state index contributed by atoms with van der Waals surface area (Å²) in [4.78, 5) is 23.5. The summed E-state index contributed by atoms with van der Waals surface area (Å²) < 4.78 is 0. The SMILES string of the molecule is Cc1cc(-c2cccnc2)nc(Nc2cc([N+](=O)[O-])ccc2C)n1. The van der Waals surface area contributed by atoms with E-state index in [1.165, 1.54) is 12.1 Å². The summed E-state index contributed by atoms with van der Waals surface area (Å²) in [5.41, 5.74) is 3.89. The van der Waals surface area contributed by atoms with Crippen molar-refractivity contribution in [2.75, 3.05) is 5.32 Å². The summed E-state index contributed by atoms with van der Waals surface area (Å²) in [6.07, 6.45) is 3.42. The van der Waals surface area contributed by atoms with Crippen LogP contribution in [0.25, 0.3) is 11.3 Å². The number of rotatable bonds is 4. The third-order valence-electron chi connectivity index (χ3n) is 3.49. The average molecular weight is 321 g/mol. The summed E-state index contributed by atoms with van der Waals surface area (Å²) >= 11 is 0. The van der Waals surface area contributed by atoms with Crippen LogP contribution in [-0.4, -0.2) is 19.9 Å². The Morgan fingerprint density at radius 3 is 2.67 bits per heavy atom. The molecule has 3 aromatic rings. The highest BCUT2D eigenvalue weighted by Gasteiger charge is 2.11. The number of aromatic nitrogens is 3. The van der Waals surface area contributed by atoms with Crippen molar-refractivity contribution in [3.63, 3.8) is 0 Å². The first kappa shape index (κ1) is 15.5. The zero-order valence-electron chi connectivity index (χ0n) is 13.2. The first-order valence-electron chi connectivity index (χ1n) is 7.31. The molecular formula is C17H15N5O2. The van der Waals surface area contributed by atoms with Gasteiger partial charge in [0.15, 0.2) is 0 Å². The molecule has 1 aromatic carbocycles.